The van der Waals surface area contributed by atoms with Crippen molar-refractivity contribution >= 4 is 25.3 Å². The summed E-state index contributed by atoms with van der Waals surface area (Å²) in [5.41, 5.74) is 0. The van der Waals surface area contributed by atoms with Crippen molar-refractivity contribution in [2.75, 3.05) is 19.3 Å². The van der Waals surface area contributed by atoms with E-state index in [1.54, 1.807) is 0 Å². The van der Waals surface area contributed by atoms with E-state index >= 15 is 0 Å². The molecule has 0 radical (unpaired) electrons. The molecule has 44 valence electrons. The third-order valence-electron chi connectivity index (χ3n) is 0.650. The number of hydrogen-bond donors (Lipinski definition) is 3. The normalized spacial score (nSPS) is 14.1. The van der Waals surface area contributed by atoms with Crippen LogP contribution in [0.15, 0.2) is 0 Å². The standard InChI is InChI=1S/C4H11NS2/c1-5-2-4(7)3-6/h4-7H,2-3H2,1H3. The largest absolute Gasteiger partial charge is 0.319 e. The first kappa shape index (κ1) is 7.66. The zero-order valence-electron chi connectivity index (χ0n) is 4.39. The highest BCUT2D eigenvalue weighted by atomic mass is 32.1. The molecular formula is C4H11NS2. The lowest BCUT2D eigenvalue weighted by Gasteiger charge is -2.02. The molecule has 0 rings (SSSR count). The van der Waals surface area contributed by atoms with Crippen molar-refractivity contribution in [1.29, 1.82) is 0 Å². The molecule has 0 aliphatic heterocycles. The van der Waals surface area contributed by atoms with Gasteiger partial charge in [0.05, 0.1) is 0 Å². The molecule has 0 aliphatic rings. The second kappa shape index (κ2) is 4.81. The van der Waals surface area contributed by atoms with Crippen molar-refractivity contribution in [1.82, 2.24) is 5.32 Å². The molecule has 7 heavy (non-hydrogen) atoms. The molecule has 0 spiro atoms. The van der Waals surface area contributed by atoms with Crippen molar-refractivity contribution < 1.29 is 0 Å². The van der Waals surface area contributed by atoms with Crippen LogP contribution in [0.25, 0.3) is 0 Å². The van der Waals surface area contributed by atoms with Gasteiger partial charge in [-0.1, -0.05) is 0 Å². The quantitative estimate of drug-likeness (QED) is 0.479. The summed E-state index contributed by atoms with van der Waals surface area (Å²) in [6.45, 7) is 0.937. The minimum atomic E-state index is 0.397. The van der Waals surface area contributed by atoms with Crippen molar-refractivity contribution in [3.05, 3.63) is 0 Å². The molecule has 0 heterocycles. The van der Waals surface area contributed by atoms with Gasteiger partial charge in [-0.2, -0.15) is 25.3 Å². The fourth-order valence-corrected chi connectivity index (χ4v) is 0.612. The fourth-order valence-electron chi connectivity index (χ4n) is 0.300. The number of nitrogens with one attached hydrogen (secondary N) is 1. The highest BCUT2D eigenvalue weighted by molar-refractivity contribution is 7.84. The first-order valence-corrected chi connectivity index (χ1v) is 3.39. The molecule has 0 aromatic rings. The lowest BCUT2D eigenvalue weighted by Crippen LogP contribution is -2.19. The molecule has 1 unspecified atom stereocenters. The zero-order valence-corrected chi connectivity index (χ0v) is 6.17. The summed E-state index contributed by atoms with van der Waals surface area (Å²) < 4.78 is 0. The van der Waals surface area contributed by atoms with Gasteiger partial charge in [-0.05, 0) is 7.05 Å². The van der Waals surface area contributed by atoms with Crippen LogP contribution in [0.2, 0.25) is 0 Å². The Morgan fingerprint density at radius 2 is 2.29 bits per heavy atom. The molecule has 0 saturated heterocycles. The molecule has 1 atom stereocenters. The first-order chi connectivity index (χ1) is 3.31. The van der Waals surface area contributed by atoms with Crippen LogP contribution in [0, 0.1) is 0 Å². The van der Waals surface area contributed by atoms with Gasteiger partial charge in [0.2, 0.25) is 0 Å². The first-order valence-electron chi connectivity index (χ1n) is 2.24. The van der Waals surface area contributed by atoms with Crippen LogP contribution in [0.1, 0.15) is 0 Å². The topological polar surface area (TPSA) is 12.0 Å². The molecule has 1 nitrogen and oxygen atoms in total. The maximum atomic E-state index is 4.17. The molecular weight excluding hydrogens is 126 g/mol. The van der Waals surface area contributed by atoms with Crippen LogP contribution >= 0.6 is 25.3 Å². The maximum Gasteiger partial charge on any atom is 0.0230 e. The van der Waals surface area contributed by atoms with E-state index in [9.17, 15) is 0 Å². The molecule has 0 aromatic carbocycles. The van der Waals surface area contributed by atoms with Crippen molar-refractivity contribution in [3.63, 3.8) is 0 Å². The van der Waals surface area contributed by atoms with E-state index in [0.717, 1.165) is 12.3 Å². The summed E-state index contributed by atoms with van der Waals surface area (Å²) in [6, 6.07) is 0. The summed E-state index contributed by atoms with van der Waals surface area (Å²) in [6.07, 6.45) is 0. The molecule has 3 heteroatoms. The van der Waals surface area contributed by atoms with Gasteiger partial charge in [-0.15, -0.1) is 0 Å². The zero-order chi connectivity index (χ0) is 5.70. The van der Waals surface area contributed by atoms with E-state index in [4.69, 9.17) is 0 Å². The smallest absolute Gasteiger partial charge is 0.0230 e. The molecule has 1 N–H and O–H groups in total. The predicted molar refractivity (Wildman–Crippen MR) is 40.6 cm³/mol. The van der Waals surface area contributed by atoms with E-state index in [0.29, 0.717) is 5.25 Å². The predicted octanol–water partition coefficient (Wildman–Crippen LogP) is 0.434. The van der Waals surface area contributed by atoms with E-state index in [2.05, 4.69) is 30.6 Å². The summed E-state index contributed by atoms with van der Waals surface area (Å²) in [4.78, 5) is 0. The van der Waals surface area contributed by atoms with Gasteiger partial charge >= 0.3 is 0 Å². The Morgan fingerprint density at radius 3 is 2.43 bits per heavy atom. The van der Waals surface area contributed by atoms with Gasteiger partial charge in [0.25, 0.3) is 0 Å². The van der Waals surface area contributed by atoms with E-state index in [-0.39, 0.29) is 0 Å². The maximum absolute atomic E-state index is 4.17. The Hall–Kier alpha value is 0.660. The van der Waals surface area contributed by atoms with Crippen molar-refractivity contribution in [2.24, 2.45) is 0 Å². The Labute approximate surface area is 55.7 Å². The lowest BCUT2D eigenvalue weighted by molar-refractivity contribution is 0.795. The van der Waals surface area contributed by atoms with E-state index in [1.165, 1.54) is 0 Å². The summed E-state index contributed by atoms with van der Waals surface area (Å²) in [7, 11) is 1.91. The number of hydrogen-bond acceptors (Lipinski definition) is 3. The minimum Gasteiger partial charge on any atom is -0.319 e. The van der Waals surface area contributed by atoms with Gasteiger partial charge < -0.3 is 5.32 Å². The Kier molecular flexibility index (Phi) is 5.26. The summed E-state index contributed by atoms with van der Waals surface area (Å²) in [5.74, 6) is 0.837. The summed E-state index contributed by atoms with van der Waals surface area (Å²) >= 11 is 8.20. The van der Waals surface area contributed by atoms with Crippen molar-refractivity contribution in [3.8, 4) is 0 Å². The van der Waals surface area contributed by atoms with Gasteiger partial charge in [0, 0.05) is 17.5 Å². The third-order valence-corrected chi connectivity index (χ3v) is 1.74. The van der Waals surface area contributed by atoms with Crippen molar-refractivity contribution in [2.45, 2.75) is 5.25 Å². The Balaban J connectivity index is 2.83. The SMILES string of the molecule is CNCC(S)CS. The number of rotatable bonds is 3. The van der Waals surface area contributed by atoms with E-state index < -0.39 is 0 Å². The van der Waals surface area contributed by atoms with Gasteiger partial charge in [0.15, 0.2) is 0 Å². The van der Waals surface area contributed by atoms with E-state index in [1.807, 2.05) is 7.05 Å². The second-order valence-corrected chi connectivity index (χ2v) is 2.49. The molecule has 0 amide bonds. The number of thiol groups is 2. The van der Waals surface area contributed by atoms with Crippen LogP contribution < -0.4 is 5.32 Å². The second-order valence-electron chi connectivity index (χ2n) is 1.39. The summed E-state index contributed by atoms with van der Waals surface area (Å²) in [5, 5.41) is 3.39. The molecule has 0 bridgehead atoms. The molecule has 0 aromatic heterocycles. The molecule has 0 fully saturated rings. The fraction of sp³-hybridized carbons (Fsp3) is 1.00. The highest BCUT2D eigenvalue weighted by Crippen LogP contribution is 1.93. The van der Waals surface area contributed by atoms with Crippen LogP contribution in [0.5, 0.6) is 0 Å². The van der Waals surface area contributed by atoms with Crippen LogP contribution in [-0.2, 0) is 0 Å². The monoisotopic (exact) mass is 137 g/mol. The average Bonchev–Trinajstić information content (AvgIpc) is 1.68. The third kappa shape index (κ3) is 4.51. The highest BCUT2D eigenvalue weighted by Gasteiger charge is 1.93. The molecule has 0 aliphatic carbocycles. The van der Waals surface area contributed by atoms with Gasteiger partial charge in [-0.25, -0.2) is 0 Å². The van der Waals surface area contributed by atoms with Crippen LogP contribution in [0.3, 0.4) is 0 Å². The average molecular weight is 137 g/mol. The van der Waals surface area contributed by atoms with Crippen LogP contribution in [-0.4, -0.2) is 24.6 Å². The Bertz CT molecular complexity index is 40.7. The van der Waals surface area contributed by atoms with Crippen LogP contribution in [0.4, 0.5) is 0 Å². The van der Waals surface area contributed by atoms with Gasteiger partial charge in [0.1, 0.15) is 0 Å². The molecule has 0 saturated carbocycles. The lowest BCUT2D eigenvalue weighted by atomic mass is 10.5. The Morgan fingerprint density at radius 1 is 1.71 bits per heavy atom. The van der Waals surface area contributed by atoms with Gasteiger partial charge in [-0.3, -0.25) is 0 Å². The minimum absolute atomic E-state index is 0.397.